The fourth-order valence-electron chi connectivity index (χ4n) is 2.32. The molecule has 2 rings (SSSR count). The van der Waals surface area contributed by atoms with Gasteiger partial charge in [-0.15, -0.1) is 0 Å². The second-order valence-electron chi connectivity index (χ2n) is 5.61. The Balaban J connectivity index is 1.69. The van der Waals surface area contributed by atoms with Crippen LogP contribution in [-0.4, -0.2) is 31.1 Å². The molecule has 1 unspecified atom stereocenters. The van der Waals surface area contributed by atoms with E-state index in [2.05, 4.69) is 24.2 Å². The molecule has 19 heavy (non-hydrogen) atoms. The molecule has 0 spiro atoms. The highest BCUT2D eigenvalue weighted by Crippen LogP contribution is 2.22. The van der Waals surface area contributed by atoms with Crippen molar-refractivity contribution in [2.45, 2.75) is 44.7 Å². The molecule has 1 aliphatic carbocycles. The average molecular weight is 264 g/mol. The Labute approximate surface area is 116 Å². The summed E-state index contributed by atoms with van der Waals surface area (Å²) in [6, 6.07) is 8.01. The van der Waals surface area contributed by atoms with Crippen molar-refractivity contribution in [3.63, 3.8) is 0 Å². The summed E-state index contributed by atoms with van der Waals surface area (Å²) in [7, 11) is 2.07. The van der Waals surface area contributed by atoms with Gasteiger partial charge in [0.1, 0.15) is 5.82 Å². The number of nitrogens with zero attached hydrogens (tertiary/aromatic N) is 1. The van der Waals surface area contributed by atoms with Crippen molar-refractivity contribution in [2.24, 2.45) is 0 Å². The van der Waals surface area contributed by atoms with E-state index in [4.69, 9.17) is 0 Å². The van der Waals surface area contributed by atoms with Gasteiger partial charge in [0, 0.05) is 17.6 Å². The van der Waals surface area contributed by atoms with Gasteiger partial charge in [-0.05, 0) is 58.8 Å². The van der Waals surface area contributed by atoms with Crippen LogP contribution in [0.5, 0.6) is 0 Å². The number of unbranched alkanes of at least 4 members (excludes halogenated alkanes) is 1. The lowest BCUT2D eigenvalue weighted by molar-refractivity contribution is 0.251. The molecule has 3 heteroatoms. The van der Waals surface area contributed by atoms with E-state index in [0.717, 1.165) is 31.1 Å². The third-order valence-electron chi connectivity index (χ3n) is 3.96. The first-order chi connectivity index (χ1) is 9.18. The SMILES string of the molecule is CC(c1ccccc1F)N(C)CCCCNC1CC1. The van der Waals surface area contributed by atoms with Gasteiger partial charge in [-0.1, -0.05) is 18.2 Å². The minimum atomic E-state index is -0.0998. The molecule has 1 atom stereocenters. The molecular weight excluding hydrogens is 239 g/mol. The molecule has 1 fully saturated rings. The lowest BCUT2D eigenvalue weighted by Crippen LogP contribution is -2.25. The second-order valence-corrected chi connectivity index (χ2v) is 5.61. The highest BCUT2D eigenvalue weighted by atomic mass is 19.1. The van der Waals surface area contributed by atoms with Crippen LogP contribution in [0.4, 0.5) is 4.39 Å². The summed E-state index contributed by atoms with van der Waals surface area (Å²) in [4.78, 5) is 2.23. The number of rotatable bonds is 8. The molecule has 1 saturated carbocycles. The van der Waals surface area contributed by atoms with Crippen LogP contribution in [0.3, 0.4) is 0 Å². The first-order valence-corrected chi connectivity index (χ1v) is 7.36. The third-order valence-corrected chi connectivity index (χ3v) is 3.96. The molecule has 0 radical (unpaired) electrons. The normalized spacial score (nSPS) is 16.8. The maximum atomic E-state index is 13.7. The molecule has 0 amide bonds. The Morgan fingerprint density at radius 3 is 2.74 bits per heavy atom. The molecule has 1 aromatic rings. The van der Waals surface area contributed by atoms with E-state index in [0.29, 0.717) is 0 Å². The minimum absolute atomic E-state index is 0.0998. The molecule has 2 nitrogen and oxygen atoms in total. The Hall–Kier alpha value is -0.930. The molecule has 1 aromatic carbocycles. The van der Waals surface area contributed by atoms with Crippen molar-refractivity contribution in [2.75, 3.05) is 20.1 Å². The summed E-state index contributed by atoms with van der Waals surface area (Å²) < 4.78 is 13.7. The summed E-state index contributed by atoms with van der Waals surface area (Å²) in [6.07, 6.45) is 5.06. The molecule has 1 N–H and O–H groups in total. The number of halogens is 1. The van der Waals surface area contributed by atoms with Crippen LogP contribution in [-0.2, 0) is 0 Å². The summed E-state index contributed by atoms with van der Waals surface area (Å²) >= 11 is 0. The topological polar surface area (TPSA) is 15.3 Å². The predicted octanol–water partition coefficient (Wildman–Crippen LogP) is 3.35. The van der Waals surface area contributed by atoms with E-state index in [1.165, 1.54) is 19.3 Å². The third kappa shape index (κ3) is 4.59. The van der Waals surface area contributed by atoms with Crippen LogP contribution in [0.2, 0.25) is 0 Å². The second kappa shape index (κ2) is 7.01. The lowest BCUT2D eigenvalue weighted by atomic mass is 10.1. The molecular formula is C16H25FN2. The highest BCUT2D eigenvalue weighted by molar-refractivity contribution is 5.20. The van der Waals surface area contributed by atoms with Crippen molar-refractivity contribution in [3.05, 3.63) is 35.6 Å². The van der Waals surface area contributed by atoms with Gasteiger partial charge in [0.25, 0.3) is 0 Å². The van der Waals surface area contributed by atoms with Crippen LogP contribution < -0.4 is 5.32 Å². The van der Waals surface area contributed by atoms with Crippen LogP contribution >= 0.6 is 0 Å². The van der Waals surface area contributed by atoms with Crippen molar-refractivity contribution in [3.8, 4) is 0 Å². The van der Waals surface area contributed by atoms with Crippen molar-refractivity contribution < 1.29 is 4.39 Å². The predicted molar refractivity (Wildman–Crippen MR) is 77.7 cm³/mol. The summed E-state index contributed by atoms with van der Waals surface area (Å²) in [5.41, 5.74) is 0.793. The average Bonchev–Trinajstić information content (AvgIpc) is 3.22. The van der Waals surface area contributed by atoms with Crippen molar-refractivity contribution >= 4 is 0 Å². The Morgan fingerprint density at radius 2 is 2.05 bits per heavy atom. The maximum absolute atomic E-state index is 13.7. The molecule has 0 aliphatic heterocycles. The van der Waals surface area contributed by atoms with Gasteiger partial charge in [0.2, 0.25) is 0 Å². The first kappa shape index (κ1) is 14.5. The van der Waals surface area contributed by atoms with Gasteiger partial charge in [0.15, 0.2) is 0 Å². The van der Waals surface area contributed by atoms with Gasteiger partial charge in [-0.3, -0.25) is 4.90 Å². The van der Waals surface area contributed by atoms with E-state index in [-0.39, 0.29) is 11.9 Å². The smallest absolute Gasteiger partial charge is 0.127 e. The summed E-state index contributed by atoms with van der Waals surface area (Å²) in [5, 5.41) is 3.52. The zero-order valence-corrected chi connectivity index (χ0v) is 12.0. The molecule has 106 valence electrons. The van der Waals surface area contributed by atoms with Gasteiger partial charge >= 0.3 is 0 Å². The number of hydrogen-bond donors (Lipinski definition) is 1. The molecule has 0 saturated heterocycles. The van der Waals surface area contributed by atoms with Crippen LogP contribution in [0.1, 0.15) is 44.2 Å². The van der Waals surface area contributed by atoms with Crippen molar-refractivity contribution in [1.29, 1.82) is 0 Å². The van der Waals surface area contributed by atoms with Crippen LogP contribution in [0, 0.1) is 5.82 Å². The van der Waals surface area contributed by atoms with Gasteiger partial charge in [-0.2, -0.15) is 0 Å². The zero-order chi connectivity index (χ0) is 13.7. The van der Waals surface area contributed by atoms with E-state index in [9.17, 15) is 4.39 Å². The van der Waals surface area contributed by atoms with Gasteiger partial charge in [0.05, 0.1) is 0 Å². The van der Waals surface area contributed by atoms with E-state index in [1.807, 2.05) is 12.1 Å². The first-order valence-electron chi connectivity index (χ1n) is 7.36. The highest BCUT2D eigenvalue weighted by Gasteiger charge is 2.19. The Morgan fingerprint density at radius 1 is 1.32 bits per heavy atom. The number of benzene rings is 1. The summed E-state index contributed by atoms with van der Waals surface area (Å²) in [5.74, 6) is -0.0998. The van der Waals surface area contributed by atoms with Crippen LogP contribution in [0.15, 0.2) is 24.3 Å². The quantitative estimate of drug-likeness (QED) is 0.724. The maximum Gasteiger partial charge on any atom is 0.127 e. The Bertz CT molecular complexity index is 390. The molecule has 0 heterocycles. The fraction of sp³-hybridized carbons (Fsp3) is 0.625. The zero-order valence-electron chi connectivity index (χ0n) is 12.0. The minimum Gasteiger partial charge on any atom is -0.314 e. The number of nitrogens with one attached hydrogen (secondary N) is 1. The standard InChI is InChI=1S/C16H25FN2/c1-13(15-7-3-4-8-16(15)17)19(2)12-6-5-11-18-14-9-10-14/h3-4,7-8,13-14,18H,5-6,9-12H2,1-2H3. The van der Waals surface area contributed by atoms with E-state index in [1.54, 1.807) is 12.1 Å². The van der Waals surface area contributed by atoms with E-state index < -0.39 is 0 Å². The molecule has 0 aromatic heterocycles. The molecule has 1 aliphatic rings. The van der Waals surface area contributed by atoms with Crippen LogP contribution in [0.25, 0.3) is 0 Å². The van der Waals surface area contributed by atoms with Gasteiger partial charge < -0.3 is 5.32 Å². The largest absolute Gasteiger partial charge is 0.314 e. The fourth-order valence-corrected chi connectivity index (χ4v) is 2.32. The Kier molecular flexibility index (Phi) is 5.34. The summed E-state index contributed by atoms with van der Waals surface area (Å²) in [6.45, 7) is 4.20. The van der Waals surface area contributed by atoms with Gasteiger partial charge in [-0.25, -0.2) is 4.39 Å². The van der Waals surface area contributed by atoms with E-state index >= 15 is 0 Å². The lowest BCUT2D eigenvalue weighted by Gasteiger charge is -2.25. The van der Waals surface area contributed by atoms with Crippen molar-refractivity contribution in [1.82, 2.24) is 10.2 Å². The number of hydrogen-bond acceptors (Lipinski definition) is 2. The monoisotopic (exact) mass is 264 g/mol. The molecule has 0 bridgehead atoms.